The van der Waals surface area contributed by atoms with Crippen molar-refractivity contribution < 1.29 is 4.42 Å². The van der Waals surface area contributed by atoms with Crippen LogP contribution in [0.1, 0.15) is 0 Å². The van der Waals surface area contributed by atoms with Gasteiger partial charge in [0.25, 0.3) is 0 Å². The van der Waals surface area contributed by atoms with E-state index in [1.165, 1.54) is 0 Å². The number of aromatic nitrogens is 3. The monoisotopic (exact) mass is 267 g/mol. The molecule has 0 aliphatic rings. The van der Waals surface area contributed by atoms with Crippen LogP contribution in [0.25, 0.3) is 32.7 Å². The van der Waals surface area contributed by atoms with Gasteiger partial charge in [-0.3, -0.25) is 0 Å². The molecule has 0 fully saturated rings. The summed E-state index contributed by atoms with van der Waals surface area (Å²) < 4.78 is 5.15. The Morgan fingerprint density at radius 2 is 2.21 bits per heavy atom. The van der Waals surface area contributed by atoms with Gasteiger partial charge in [-0.2, -0.15) is 0 Å². The van der Waals surface area contributed by atoms with Crippen molar-refractivity contribution in [3.8, 4) is 21.7 Å². The molecule has 0 radical (unpaired) electrons. The minimum atomic E-state index is 0.872. The van der Waals surface area contributed by atoms with Crippen molar-refractivity contribution in [2.24, 2.45) is 0 Å². The van der Waals surface area contributed by atoms with E-state index < -0.39 is 0 Å². The second-order valence-electron chi connectivity index (χ2n) is 4.17. The molecule has 4 nitrogen and oxygen atoms in total. The number of pyridine rings is 1. The standard InChI is InChI=1S/C14H9N3OS/c1-3-18-8-9(1)12-7-17-13-11(12)5-10(6-16-13)14-15-2-4-19-14/h1-8H,(H,16,17). The summed E-state index contributed by atoms with van der Waals surface area (Å²) in [5.41, 5.74) is 4.04. The molecule has 0 spiro atoms. The van der Waals surface area contributed by atoms with Gasteiger partial charge in [-0.15, -0.1) is 11.3 Å². The lowest BCUT2D eigenvalue weighted by atomic mass is 10.1. The summed E-state index contributed by atoms with van der Waals surface area (Å²) >= 11 is 1.61. The van der Waals surface area contributed by atoms with Crippen molar-refractivity contribution in [1.29, 1.82) is 0 Å². The van der Waals surface area contributed by atoms with E-state index in [-0.39, 0.29) is 0 Å². The average Bonchev–Trinajstić information content (AvgIpc) is 3.18. The first-order valence-corrected chi connectivity index (χ1v) is 6.69. The third kappa shape index (κ3) is 1.67. The number of aromatic amines is 1. The maximum absolute atomic E-state index is 5.15. The largest absolute Gasteiger partial charge is 0.472 e. The highest BCUT2D eigenvalue weighted by Gasteiger charge is 2.10. The summed E-state index contributed by atoms with van der Waals surface area (Å²) in [6.45, 7) is 0. The number of fused-ring (bicyclic) bond motifs is 1. The average molecular weight is 267 g/mol. The molecular formula is C14H9N3OS. The van der Waals surface area contributed by atoms with E-state index in [9.17, 15) is 0 Å². The molecule has 0 aliphatic carbocycles. The highest BCUT2D eigenvalue weighted by atomic mass is 32.1. The van der Waals surface area contributed by atoms with E-state index in [2.05, 4.69) is 21.0 Å². The van der Waals surface area contributed by atoms with Crippen molar-refractivity contribution in [2.45, 2.75) is 0 Å². The van der Waals surface area contributed by atoms with Gasteiger partial charge in [-0.25, -0.2) is 9.97 Å². The fraction of sp³-hybridized carbons (Fsp3) is 0. The van der Waals surface area contributed by atoms with Gasteiger partial charge in [-0.1, -0.05) is 0 Å². The Labute approximate surface area is 112 Å². The first-order chi connectivity index (χ1) is 9.42. The zero-order chi connectivity index (χ0) is 12.7. The van der Waals surface area contributed by atoms with Gasteiger partial charge in [-0.05, 0) is 12.1 Å². The molecule has 4 rings (SSSR count). The van der Waals surface area contributed by atoms with E-state index in [0.717, 1.165) is 32.7 Å². The summed E-state index contributed by atoms with van der Waals surface area (Å²) in [5.74, 6) is 0. The number of furan rings is 1. The molecule has 0 aromatic carbocycles. The number of thiazole rings is 1. The molecule has 0 unspecified atom stereocenters. The van der Waals surface area contributed by atoms with E-state index in [1.54, 1.807) is 30.1 Å². The van der Waals surface area contributed by atoms with Crippen LogP contribution in [0.5, 0.6) is 0 Å². The summed E-state index contributed by atoms with van der Waals surface area (Å²) in [5, 5.41) is 4.02. The Kier molecular flexibility index (Phi) is 2.25. The molecule has 4 aromatic heterocycles. The Hall–Kier alpha value is -2.40. The van der Waals surface area contributed by atoms with Gasteiger partial charge < -0.3 is 9.40 Å². The lowest BCUT2D eigenvalue weighted by molar-refractivity contribution is 0.568. The molecule has 92 valence electrons. The Bertz CT molecular complexity index is 816. The first-order valence-electron chi connectivity index (χ1n) is 5.81. The number of hydrogen-bond acceptors (Lipinski definition) is 4. The van der Waals surface area contributed by atoms with Gasteiger partial charge in [0.1, 0.15) is 10.7 Å². The van der Waals surface area contributed by atoms with Crippen molar-refractivity contribution in [2.75, 3.05) is 0 Å². The number of rotatable bonds is 2. The first kappa shape index (κ1) is 10.5. The summed E-state index contributed by atoms with van der Waals surface area (Å²) in [6, 6.07) is 4.05. The van der Waals surface area contributed by atoms with Gasteiger partial charge in [0, 0.05) is 46.0 Å². The molecule has 0 saturated carbocycles. The van der Waals surface area contributed by atoms with E-state index in [0.29, 0.717) is 0 Å². The minimum Gasteiger partial charge on any atom is -0.472 e. The number of nitrogens with one attached hydrogen (secondary N) is 1. The molecule has 1 N–H and O–H groups in total. The SMILES string of the molecule is c1csc(-c2cnc3[nH]cc(-c4ccoc4)c3c2)n1. The highest BCUT2D eigenvalue weighted by molar-refractivity contribution is 7.13. The maximum atomic E-state index is 5.15. The molecule has 4 heterocycles. The minimum absolute atomic E-state index is 0.872. The number of nitrogens with zero attached hydrogens (tertiary/aromatic N) is 2. The third-order valence-corrected chi connectivity index (χ3v) is 3.86. The molecule has 0 atom stereocenters. The lowest BCUT2D eigenvalue weighted by Crippen LogP contribution is -1.81. The lowest BCUT2D eigenvalue weighted by Gasteiger charge is -1.98. The molecular weight excluding hydrogens is 258 g/mol. The van der Waals surface area contributed by atoms with Crippen LogP contribution in [-0.2, 0) is 0 Å². The summed E-state index contributed by atoms with van der Waals surface area (Å²) in [6.07, 6.45) is 9.01. The molecule has 19 heavy (non-hydrogen) atoms. The van der Waals surface area contributed by atoms with Crippen LogP contribution in [0.4, 0.5) is 0 Å². The van der Waals surface area contributed by atoms with E-state index in [4.69, 9.17) is 4.42 Å². The molecule has 4 aromatic rings. The zero-order valence-corrected chi connectivity index (χ0v) is 10.6. The number of hydrogen-bond donors (Lipinski definition) is 1. The maximum Gasteiger partial charge on any atom is 0.137 e. The van der Waals surface area contributed by atoms with Crippen LogP contribution in [0.2, 0.25) is 0 Å². The Morgan fingerprint density at radius 3 is 3.00 bits per heavy atom. The Morgan fingerprint density at radius 1 is 1.21 bits per heavy atom. The van der Waals surface area contributed by atoms with Gasteiger partial charge >= 0.3 is 0 Å². The van der Waals surface area contributed by atoms with Crippen LogP contribution in [-0.4, -0.2) is 15.0 Å². The van der Waals surface area contributed by atoms with Crippen LogP contribution in [0.15, 0.2) is 53.0 Å². The van der Waals surface area contributed by atoms with Crippen molar-refractivity contribution in [3.63, 3.8) is 0 Å². The van der Waals surface area contributed by atoms with Crippen LogP contribution in [0, 0.1) is 0 Å². The second-order valence-corrected chi connectivity index (χ2v) is 5.07. The predicted octanol–water partition coefficient (Wildman–Crippen LogP) is 3.95. The summed E-state index contributed by atoms with van der Waals surface area (Å²) in [4.78, 5) is 11.9. The highest BCUT2D eigenvalue weighted by Crippen LogP contribution is 2.31. The molecule has 0 amide bonds. The van der Waals surface area contributed by atoms with Crippen LogP contribution in [0.3, 0.4) is 0 Å². The van der Waals surface area contributed by atoms with Gasteiger partial charge in [0.05, 0.1) is 12.5 Å². The van der Waals surface area contributed by atoms with Crippen molar-refractivity contribution >= 4 is 22.4 Å². The van der Waals surface area contributed by atoms with E-state index >= 15 is 0 Å². The molecule has 5 heteroatoms. The quantitative estimate of drug-likeness (QED) is 0.598. The fourth-order valence-corrected chi connectivity index (χ4v) is 2.76. The van der Waals surface area contributed by atoms with Crippen molar-refractivity contribution in [1.82, 2.24) is 15.0 Å². The molecule has 0 bridgehead atoms. The van der Waals surface area contributed by atoms with Crippen LogP contribution >= 0.6 is 11.3 Å². The normalized spacial score (nSPS) is 11.2. The van der Waals surface area contributed by atoms with Gasteiger partial charge in [0.2, 0.25) is 0 Å². The molecule has 0 aliphatic heterocycles. The molecule has 0 saturated heterocycles. The topological polar surface area (TPSA) is 54.7 Å². The third-order valence-electron chi connectivity index (χ3n) is 3.04. The van der Waals surface area contributed by atoms with Crippen molar-refractivity contribution in [3.05, 3.63) is 48.6 Å². The fourth-order valence-electron chi connectivity index (χ4n) is 2.14. The second kappa shape index (κ2) is 4.07. The zero-order valence-electron chi connectivity index (χ0n) is 9.83. The number of H-pyrrole nitrogens is 1. The Balaban J connectivity index is 1.95. The van der Waals surface area contributed by atoms with E-state index in [1.807, 2.05) is 23.8 Å². The smallest absolute Gasteiger partial charge is 0.137 e. The van der Waals surface area contributed by atoms with Crippen LogP contribution < -0.4 is 0 Å². The van der Waals surface area contributed by atoms with Gasteiger partial charge in [0.15, 0.2) is 0 Å². The summed E-state index contributed by atoms with van der Waals surface area (Å²) in [7, 11) is 0. The predicted molar refractivity (Wildman–Crippen MR) is 74.9 cm³/mol.